The van der Waals surface area contributed by atoms with Gasteiger partial charge in [0, 0.05) is 49.4 Å². The molecule has 8 heteroatoms. The quantitative estimate of drug-likeness (QED) is 0.414. The maximum Gasteiger partial charge on any atom is 0.255 e. The zero-order valence-corrected chi connectivity index (χ0v) is 20.5. The number of nitrogens with one attached hydrogen (secondary N) is 2. The van der Waals surface area contributed by atoms with Crippen LogP contribution < -0.4 is 15.5 Å². The number of amides is 1. The van der Waals surface area contributed by atoms with Gasteiger partial charge in [0.2, 0.25) is 5.95 Å². The number of carbonyl (C=O) groups is 1. The maximum atomic E-state index is 13.1. The van der Waals surface area contributed by atoms with Gasteiger partial charge in [-0.05, 0) is 68.1 Å². The Morgan fingerprint density at radius 3 is 2.39 bits per heavy atom. The van der Waals surface area contributed by atoms with Crippen molar-refractivity contribution >= 4 is 34.3 Å². The number of rotatable bonds is 6. The molecule has 1 amide bonds. The van der Waals surface area contributed by atoms with Crippen LogP contribution in [0.15, 0.2) is 66.7 Å². The van der Waals surface area contributed by atoms with Crippen LogP contribution in [0.4, 0.5) is 21.8 Å². The number of likely N-dealkylation sites (N-methyl/N-ethyl adjacent to an activating group) is 1. The Morgan fingerprint density at radius 1 is 0.944 bits per heavy atom. The molecule has 1 saturated heterocycles. The van der Waals surface area contributed by atoms with Gasteiger partial charge in [0.05, 0.1) is 5.52 Å². The van der Waals surface area contributed by atoms with Crippen molar-refractivity contribution in [2.24, 2.45) is 0 Å². The van der Waals surface area contributed by atoms with Crippen molar-refractivity contribution in [1.82, 2.24) is 14.9 Å². The number of halogens is 1. The molecule has 0 atom stereocenters. The highest BCUT2D eigenvalue weighted by molar-refractivity contribution is 6.04. The van der Waals surface area contributed by atoms with Crippen LogP contribution in [0.3, 0.4) is 0 Å². The first-order chi connectivity index (χ1) is 17.4. The lowest BCUT2D eigenvalue weighted by Gasteiger charge is -2.32. The van der Waals surface area contributed by atoms with Crippen LogP contribution in [0, 0.1) is 12.7 Å². The highest BCUT2D eigenvalue weighted by atomic mass is 19.1. The number of nitrogens with zero attached hydrogens (tertiary/aromatic N) is 4. The van der Waals surface area contributed by atoms with E-state index in [-0.39, 0.29) is 11.7 Å². The van der Waals surface area contributed by atoms with Crippen LogP contribution in [0.1, 0.15) is 21.5 Å². The molecule has 1 aliphatic rings. The molecule has 1 aromatic heterocycles. The average Bonchev–Trinajstić information content (AvgIpc) is 2.89. The van der Waals surface area contributed by atoms with Crippen molar-refractivity contribution in [2.75, 3.05) is 48.8 Å². The third-order valence-electron chi connectivity index (χ3n) is 6.40. The Kier molecular flexibility index (Phi) is 6.77. The van der Waals surface area contributed by atoms with Crippen LogP contribution >= 0.6 is 0 Å². The Hall–Kier alpha value is -4.04. The minimum atomic E-state index is -0.370. The fourth-order valence-electron chi connectivity index (χ4n) is 4.21. The predicted molar refractivity (Wildman–Crippen MR) is 142 cm³/mol. The zero-order valence-electron chi connectivity index (χ0n) is 20.5. The van der Waals surface area contributed by atoms with Gasteiger partial charge < -0.3 is 20.4 Å². The molecule has 4 aromatic rings. The molecule has 5 rings (SSSR count). The van der Waals surface area contributed by atoms with E-state index in [4.69, 9.17) is 9.97 Å². The van der Waals surface area contributed by atoms with Crippen LogP contribution in [0.25, 0.3) is 10.9 Å². The van der Waals surface area contributed by atoms with Crippen LogP contribution in [-0.2, 0) is 6.54 Å². The third-order valence-corrected chi connectivity index (χ3v) is 6.40. The van der Waals surface area contributed by atoms with Gasteiger partial charge in [-0.25, -0.2) is 9.37 Å². The van der Waals surface area contributed by atoms with Crippen molar-refractivity contribution in [1.29, 1.82) is 0 Å². The zero-order chi connectivity index (χ0) is 25.1. The molecule has 2 heterocycles. The van der Waals surface area contributed by atoms with E-state index in [1.807, 2.05) is 24.3 Å². The maximum absolute atomic E-state index is 13.1. The van der Waals surface area contributed by atoms with Gasteiger partial charge in [0.1, 0.15) is 11.6 Å². The monoisotopic (exact) mass is 484 g/mol. The van der Waals surface area contributed by atoms with Crippen molar-refractivity contribution in [2.45, 2.75) is 13.5 Å². The molecule has 36 heavy (non-hydrogen) atoms. The van der Waals surface area contributed by atoms with Gasteiger partial charge in [0.25, 0.3) is 5.91 Å². The van der Waals surface area contributed by atoms with Crippen LogP contribution in [0.5, 0.6) is 0 Å². The minimum absolute atomic E-state index is 0.278. The number of aromatic nitrogens is 2. The number of hydrogen-bond acceptors (Lipinski definition) is 6. The van der Waals surface area contributed by atoms with Crippen molar-refractivity contribution in [3.8, 4) is 0 Å². The molecule has 1 fully saturated rings. The molecule has 0 spiro atoms. The molecule has 2 N–H and O–H groups in total. The van der Waals surface area contributed by atoms with Gasteiger partial charge in [0.15, 0.2) is 0 Å². The number of fused-ring (bicyclic) bond motifs is 1. The summed E-state index contributed by atoms with van der Waals surface area (Å²) in [6, 6.07) is 19.4. The summed E-state index contributed by atoms with van der Waals surface area (Å²) in [7, 11) is 2.13. The molecule has 3 aromatic carbocycles. The number of hydrogen-bond donors (Lipinski definition) is 2. The summed E-state index contributed by atoms with van der Waals surface area (Å²) in [5, 5.41) is 7.34. The molecule has 7 nitrogen and oxygen atoms in total. The molecule has 0 bridgehead atoms. The lowest BCUT2D eigenvalue weighted by atomic mass is 10.1. The van der Waals surface area contributed by atoms with E-state index < -0.39 is 0 Å². The summed E-state index contributed by atoms with van der Waals surface area (Å²) in [6.07, 6.45) is 0. The summed E-state index contributed by atoms with van der Waals surface area (Å²) < 4.78 is 13.1. The van der Waals surface area contributed by atoms with Gasteiger partial charge >= 0.3 is 0 Å². The van der Waals surface area contributed by atoms with E-state index in [2.05, 4.69) is 52.6 Å². The lowest BCUT2D eigenvalue weighted by Crippen LogP contribution is -2.45. The number of carbonyl (C=O) groups excluding carboxylic acids is 1. The first kappa shape index (κ1) is 23.7. The molecule has 0 aliphatic carbocycles. The van der Waals surface area contributed by atoms with Gasteiger partial charge in [-0.2, -0.15) is 4.98 Å². The normalized spacial score (nSPS) is 14.1. The number of aryl methyl sites for hydroxylation is 1. The van der Waals surface area contributed by atoms with E-state index in [1.165, 1.54) is 24.3 Å². The van der Waals surface area contributed by atoms with Crippen molar-refractivity contribution in [3.05, 3.63) is 89.2 Å². The summed E-state index contributed by atoms with van der Waals surface area (Å²) in [4.78, 5) is 26.7. The Labute approximate surface area is 210 Å². The second-order valence-corrected chi connectivity index (χ2v) is 9.19. The summed E-state index contributed by atoms with van der Waals surface area (Å²) in [5.41, 5.74) is 4.21. The molecule has 0 saturated carbocycles. The number of benzene rings is 3. The standard InChI is InChI=1S/C28H29FN6O/c1-19-3-12-25-24(17-19)26(33-28(32-25)35-15-13-34(2)14-16-35)30-18-20-4-10-23(11-5-20)31-27(36)21-6-8-22(29)9-7-21/h3-12,17H,13-16,18H2,1-2H3,(H,31,36)(H,30,32,33). The van der Waals surface area contributed by atoms with Gasteiger partial charge in [-0.1, -0.05) is 23.8 Å². The van der Waals surface area contributed by atoms with E-state index in [0.717, 1.165) is 60.0 Å². The number of anilines is 3. The predicted octanol–water partition coefficient (Wildman–Crippen LogP) is 4.69. The largest absolute Gasteiger partial charge is 0.365 e. The lowest BCUT2D eigenvalue weighted by molar-refractivity contribution is 0.102. The second-order valence-electron chi connectivity index (χ2n) is 9.19. The van der Waals surface area contributed by atoms with E-state index >= 15 is 0 Å². The SMILES string of the molecule is Cc1ccc2nc(N3CCN(C)CC3)nc(NCc3ccc(NC(=O)c4ccc(F)cc4)cc3)c2c1. The average molecular weight is 485 g/mol. The van der Waals surface area contributed by atoms with E-state index in [0.29, 0.717) is 17.8 Å². The van der Waals surface area contributed by atoms with Crippen molar-refractivity contribution < 1.29 is 9.18 Å². The Balaban J connectivity index is 1.30. The molecular weight excluding hydrogens is 455 g/mol. The third kappa shape index (κ3) is 5.44. The van der Waals surface area contributed by atoms with E-state index in [1.54, 1.807) is 0 Å². The fraction of sp³-hybridized carbons (Fsp3) is 0.250. The topological polar surface area (TPSA) is 73.4 Å². The highest BCUT2D eigenvalue weighted by Crippen LogP contribution is 2.26. The second kappa shape index (κ2) is 10.3. The van der Waals surface area contributed by atoms with Gasteiger partial charge in [-0.3, -0.25) is 4.79 Å². The van der Waals surface area contributed by atoms with Crippen LogP contribution in [0.2, 0.25) is 0 Å². The fourth-order valence-corrected chi connectivity index (χ4v) is 4.21. The summed E-state index contributed by atoms with van der Waals surface area (Å²) in [6.45, 7) is 6.42. The smallest absolute Gasteiger partial charge is 0.255 e. The Bertz CT molecular complexity index is 1370. The van der Waals surface area contributed by atoms with Crippen molar-refractivity contribution in [3.63, 3.8) is 0 Å². The molecular formula is C28H29FN6O. The number of piperazine rings is 1. The molecule has 1 aliphatic heterocycles. The molecule has 0 radical (unpaired) electrons. The van der Waals surface area contributed by atoms with Gasteiger partial charge in [-0.15, -0.1) is 0 Å². The first-order valence-corrected chi connectivity index (χ1v) is 12.1. The molecule has 184 valence electrons. The summed E-state index contributed by atoms with van der Waals surface area (Å²) in [5.74, 6) is 0.915. The Morgan fingerprint density at radius 2 is 1.67 bits per heavy atom. The molecule has 0 unspecified atom stereocenters. The van der Waals surface area contributed by atoms with E-state index in [9.17, 15) is 9.18 Å². The van der Waals surface area contributed by atoms with Crippen LogP contribution in [-0.4, -0.2) is 54.0 Å². The summed E-state index contributed by atoms with van der Waals surface area (Å²) >= 11 is 0. The highest BCUT2D eigenvalue weighted by Gasteiger charge is 2.18. The first-order valence-electron chi connectivity index (χ1n) is 12.1. The minimum Gasteiger partial charge on any atom is -0.365 e.